The van der Waals surface area contributed by atoms with E-state index in [1.807, 2.05) is 56.9 Å². The van der Waals surface area contributed by atoms with Gasteiger partial charge >= 0.3 is 6.09 Å². The predicted molar refractivity (Wildman–Crippen MR) is 122 cm³/mol. The Bertz CT molecular complexity index is 806. The fourth-order valence-electron chi connectivity index (χ4n) is 3.89. The van der Waals surface area contributed by atoms with E-state index in [0.29, 0.717) is 36.8 Å². The molecule has 0 radical (unpaired) electrons. The fourth-order valence-corrected chi connectivity index (χ4v) is 5.04. The molecule has 3 rings (SSSR count). The molecule has 3 amide bonds. The van der Waals surface area contributed by atoms with Crippen molar-refractivity contribution in [2.24, 2.45) is 5.92 Å². The number of hydrogen-bond donors (Lipinski definition) is 1. The van der Waals surface area contributed by atoms with Crippen molar-refractivity contribution in [3.8, 4) is 0 Å². The van der Waals surface area contributed by atoms with E-state index in [-0.39, 0.29) is 17.7 Å². The van der Waals surface area contributed by atoms with Crippen LogP contribution in [0.4, 0.5) is 4.79 Å². The Morgan fingerprint density at radius 2 is 1.90 bits per heavy atom. The number of thioether (sulfide) groups is 1. The molecule has 2 aliphatic heterocycles. The fraction of sp³-hybridized carbons (Fsp3) is 0.609. The summed E-state index contributed by atoms with van der Waals surface area (Å²) in [6, 6.07) is 7.04. The number of carbonyl (C=O) groups is 3. The van der Waals surface area contributed by atoms with Gasteiger partial charge < -0.3 is 19.9 Å². The monoisotopic (exact) mass is 447 g/mol. The molecule has 0 aromatic heterocycles. The van der Waals surface area contributed by atoms with E-state index in [0.717, 1.165) is 18.4 Å². The van der Waals surface area contributed by atoms with Gasteiger partial charge in [-0.3, -0.25) is 9.59 Å². The number of carbonyl (C=O) groups excluding carboxylic acids is 3. The highest BCUT2D eigenvalue weighted by Crippen LogP contribution is 2.26. The second-order valence-electron chi connectivity index (χ2n) is 9.33. The Labute approximate surface area is 188 Å². The molecule has 31 heavy (non-hydrogen) atoms. The van der Waals surface area contributed by atoms with Crippen LogP contribution in [-0.4, -0.2) is 70.6 Å². The number of nitrogens with zero attached hydrogens (tertiary/aromatic N) is 2. The Morgan fingerprint density at radius 1 is 1.19 bits per heavy atom. The molecule has 2 atom stereocenters. The van der Waals surface area contributed by atoms with Crippen LogP contribution < -0.4 is 5.32 Å². The molecule has 0 aliphatic carbocycles. The highest BCUT2D eigenvalue weighted by molar-refractivity contribution is 7.99. The van der Waals surface area contributed by atoms with Gasteiger partial charge in [0, 0.05) is 31.0 Å². The smallest absolute Gasteiger partial charge is 0.407 e. The Morgan fingerprint density at radius 3 is 2.58 bits per heavy atom. The topological polar surface area (TPSA) is 79.0 Å². The van der Waals surface area contributed by atoms with Crippen LogP contribution in [0.25, 0.3) is 0 Å². The molecule has 2 fully saturated rings. The minimum atomic E-state index is -0.535. The van der Waals surface area contributed by atoms with Crippen molar-refractivity contribution in [2.75, 3.05) is 31.3 Å². The van der Waals surface area contributed by atoms with Crippen molar-refractivity contribution in [2.45, 2.75) is 52.2 Å². The van der Waals surface area contributed by atoms with Crippen molar-refractivity contribution < 1.29 is 19.1 Å². The molecule has 7 nitrogen and oxygen atoms in total. The van der Waals surface area contributed by atoms with Gasteiger partial charge in [0.2, 0.25) is 5.91 Å². The maximum atomic E-state index is 13.3. The van der Waals surface area contributed by atoms with Crippen molar-refractivity contribution >= 4 is 29.7 Å². The van der Waals surface area contributed by atoms with Crippen molar-refractivity contribution in [3.63, 3.8) is 0 Å². The quantitative estimate of drug-likeness (QED) is 0.766. The lowest BCUT2D eigenvalue weighted by atomic mass is 9.97. The van der Waals surface area contributed by atoms with Gasteiger partial charge in [-0.1, -0.05) is 17.7 Å². The predicted octanol–water partition coefficient (Wildman–Crippen LogP) is 3.27. The third kappa shape index (κ3) is 6.38. The number of piperidine rings is 1. The number of amides is 3. The van der Waals surface area contributed by atoms with Crippen LogP contribution in [0.1, 0.15) is 49.5 Å². The zero-order chi connectivity index (χ0) is 22.6. The maximum Gasteiger partial charge on any atom is 0.407 e. The lowest BCUT2D eigenvalue weighted by molar-refractivity contribution is -0.136. The molecule has 0 unspecified atom stereocenters. The standard InChI is InChI=1S/C23H33N3O4S/c1-16-7-9-18(10-8-16)20(27)26-15-31-14-19(26)21(28)25-11-5-6-17(13-25)12-24-22(29)30-23(2,3)4/h7-10,17,19H,5-6,11-15H2,1-4H3,(H,24,29)/t17-,19+/m1/s1. The summed E-state index contributed by atoms with van der Waals surface area (Å²) in [5, 5.41) is 2.82. The van der Waals surface area contributed by atoms with Gasteiger partial charge in [-0.2, -0.15) is 0 Å². The second-order valence-corrected chi connectivity index (χ2v) is 10.3. The summed E-state index contributed by atoms with van der Waals surface area (Å²) in [4.78, 5) is 41.8. The average Bonchev–Trinajstić information content (AvgIpc) is 3.20. The van der Waals surface area contributed by atoms with Crippen LogP contribution in [0.5, 0.6) is 0 Å². The Kier molecular flexibility index (Phi) is 7.51. The third-order valence-electron chi connectivity index (χ3n) is 5.49. The normalized spacial score (nSPS) is 21.7. The molecule has 0 spiro atoms. The number of likely N-dealkylation sites (tertiary alicyclic amines) is 1. The highest BCUT2D eigenvalue weighted by atomic mass is 32.2. The molecule has 1 aromatic carbocycles. The third-order valence-corrected chi connectivity index (χ3v) is 6.50. The minimum Gasteiger partial charge on any atom is -0.444 e. The van der Waals surface area contributed by atoms with E-state index in [9.17, 15) is 14.4 Å². The van der Waals surface area contributed by atoms with Crippen LogP contribution in [0, 0.1) is 12.8 Å². The molecule has 2 saturated heterocycles. The maximum absolute atomic E-state index is 13.3. The van der Waals surface area contributed by atoms with Crippen LogP contribution in [0.2, 0.25) is 0 Å². The molecule has 0 bridgehead atoms. The Balaban J connectivity index is 1.57. The molecule has 1 N–H and O–H groups in total. The lowest BCUT2D eigenvalue weighted by Gasteiger charge is -2.36. The lowest BCUT2D eigenvalue weighted by Crippen LogP contribution is -2.52. The largest absolute Gasteiger partial charge is 0.444 e. The molecule has 1 aromatic rings. The van der Waals surface area contributed by atoms with Gasteiger partial charge in [0.05, 0.1) is 5.88 Å². The zero-order valence-electron chi connectivity index (χ0n) is 18.8. The SMILES string of the molecule is Cc1ccc(C(=O)N2CSC[C@H]2C(=O)N2CCC[C@H](CNC(=O)OC(C)(C)C)C2)cc1. The van der Waals surface area contributed by atoms with Gasteiger partial charge in [-0.05, 0) is 58.6 Å². The van der Waals surface area contributed by atoms with Gasteiger partial charge in [0.15, 0.2) is 0 Å². The molecule has 8 heteroatoms. The second kappa shape index (κ2) is 9.94. The van der Waals surface area contributed by atoms with Crippen LogP contribution in [0.3, 0.4) is 0 Å². The van der Waals surface area contributed by atoms with E-state index in [4.69, 9.17) is 4.74 Å². The number of ether oxygens (including phenoxy) is 1. The number of rotatable bonds is 4. The minimum absolute atomic E-state index is 0.00688. The van der Waals surface area contributed by atoms with E-state index < -0.39 is 17.7 Å². The summed E-state index contributed by atoms with van der Waals surface area (Å²) < 4.78 is 5.30. The van der Waals surface area contributed by atoms with Crippen molar-refractivity contribution in [1.29, 1.82) is 0 Å². The number of alkyl carbamates (subject to hydrolysis) is 1. The highest BCUT2D eigenvalue weighted by Gasteiger charge is 2.38. The van der Waals surface area contributed by atoms with Crippen LogP contribution in [-0.2, 0) is 9.53 Å². The van der Waals surface area contributed by atoms with E-state index in [1.54, 1.807) is 16.7 Å². The first-order chi connectivity index (χ1) is 14.6. The molecular weight excluding hydrogens is 414 g/mol. The van der Waals surface area contributed by atoms with Crippen LogP contribution in [0.15, 0.2) is 24.3 Å². The summed E-state index contributed by atoms with van der Waals surface area (Å²) in [5.74, 6) is 1.24. The number of hydrogen-bond acceptors (Lipinski definition) is 5. The first-order valence-electron chi connectivity index (χ1n) is 10.8. The molecular formula is C23H33N3O4S. The van der Waals surface area contributed by atoms with E-state index in [1.165, 1.54) is 0 Å². The summed E-state index contributed by atoms with van der Waals surface area (Å²) in [6.45, 7) is 9.23. The number of benzene rings is 1. The number of aryl methyl sites for hydroxylation is 1. The van der Waals surface area contributed by atoms with Crippen LogP contribution >= 0.6 is 11.8 Å². The van der Waals surface area contributed by atoms with E-state index >= 15 is 0 Å². The van der Waals surface area contributed by atoms with E-state index in [2.05, 4.69) is 5.32 Å². The van der Waals surface area contributed by atoms with Gasteiger partial charge in [0.25, 0.3) is 5.91 Å². The molecule has 0 saturated carbocycles. The van der Waals surface area contributed by atoms with Crippen molar-refractivity contribution in [1.82, 2.24) is 15.1 Å². The summed E-state index contributed by atoms with van der Waals surface area (Å²) >= 11 is 1.61. The van der Waals surface area contributed by atoms with Gasteiger partial charge in [-0.15, -0.1) is 11.8 Å². The van der Waals surface area contributed by atoms with Gasteiger partial charge in [0.1, 0.15) is 11.6 Å². The molecule has 2 aliphatic rings. The summed E-state index contributed by atoms with van der Waals surface area (Å²) in [6.07, 6.45) is 1.40. The summed E-state index contributed by atoms with van der Waals surface area (Å²) in [7, 11) is 0. The summed E-state index contributed by atoms with van der Waals surface area (Å²) in [5.41, 5.74) is 1.18. The average molecular weight is 448 g/mol. The first kappa shape index (κ1) is 23.4. The number of nitrogens with one attached hydrogen (secondary N) is 1. The molecule has 170 valence electrons. The molecule has 2 heterocycles. The zero-order valence-corrected chi connectivity index (χ0v) is 19.7. The van der Waals surface area contributed by atoms with Gasteiger partial charge in [-0.25, -0.2) is 4.79 Å². The first-order valence-corrected chi connectivity index (χ1v) is 12.0. The Hall–Kier alpha value is -2.22. The van der Waals surface area contributed by atoms with Crippen molar-refractivity contribution in [3.05, 3.63) is 35.4 Å².